The summed E-state index contributed by atoms with van der Waals surface area (Å²) in [4.78, 5) is 25.7. The lowest BCUT2D eigenvalue weighted by molar-refractivity contribution is -0.133. The monoisotopic (exact) mass is 365 g/mol. The Morgan fingerprint density at radius 1 is 1.36 bits per heavy atom. The summed E-state index contributed by atoms with van der Waals surface area (Å²) in [6, 6.07) is 5.41. The lowest BCUT2D eigenvalue weighted by Crippen LogP contribution is -2.37. The molecule has 0 saturated carbocycles. The first-order valence-corrected chi connectivity index (χ1v) is 8.25. The maximum absolute atomic E-state index is 12.9. The molecule has 0 aliphatic rings. The van der Waals surface area contributed by atoms with E-state index >= 15 is 0 Å². The highest BCUT2D eigenvalue weighted by atomic mass is 32.1. The van der Waals surface area contributed by atoms with Crippen LogP contribution in [0, 0.1) is 10.6 Å². The molecule has 0 radical (unpaired) electrons. The van der Waals surface area contributed by atoms with Gasteiger partial charge in [-0.1, -0.05) is 6.92 Å². The SMILES string of the molecule is CCCc1n[nH]c(=S)n1CC(=O)N(C)CC(=O)Nc1ccc(F)cc1. The smallest absolute Gasteiger partial charge is 0.243 e. The number of nitrogens with one attached hydrogen (secondary N) is 2. The van der Waals surface area contributed by atoms with Gasteiger partial charge in [0, 0.05) is 19.2 Å². The number of benzene rings is 1. The molecule has 0 bridgehead atoms. The Balaban J connectivity index is 1.93. The Morgan fingerprint density at radius 2 is 2.04 bits per heavy atom. The zero-order valence-corrected chi connectivity index (χ0v) is 14.9. The van der Waals surface area contributed by atoms with Gasteiger partial charge in [0.25, 0.3) is 0 Å². The number of H-pyrrole nitrogens is 1. The van der Waals surface area contributed by atoms with Gasteiger partial charge in [-0.2, -0.15) is 5.10 Å². The molecule has 0 fully saturated rings. The van der Waals surface area contributed by atoms with E-state index in [0.717, 1.165) is 6.42 Å². The van der Waals surface area contributed by atoms with Crippen LogP contribution in [0.25, 0.3) is 0 Å². The first-order valence-electron chi connectivity index (χ1n) is 7.84. The molecule has 1 heterocycles. The van der Waals surface area contributed by atoms with Crippen LogP contribution in [0.2, 0.25) is 0 Å². The van der Waals surface area contributed by atoms with Gasteiger partial charge in [0.15, 0.2) is 4.77 Å². The Bertz CT molecular complexity index is 800. The summed E-state index contributed by atoms with van der Waals surface area (Å²) >= 11 is 5.14. The minimum atomic E-state index is -0.384. The van der Waals surface area contributed by atoms with E-state index in [-0.39, 0.29) is 30.7 Å². The van der Waals surface area contributed by atoms with Crippen molar-refractivity contribution in [1.82, 2.24) is 19.7 Å². The zero-order chi connectivity index (χ0) is 18.4. The minimum absolute atomic E-state index is 0.0188. The van der Waals surface area contributed by atoms with Crippen molar-refractivity contribution < 1.29 is 14.0 Å². The van der Waals surface area contributed by atoms with Crippen LogP contribution in [0.5, 0.6) is 0 Å². The second kappa shape index (κ2) is 8.52. The predicted molar refractivity (Wildman–Crippen MR) is 94.1 cm³/mol. The topological polar surface area (TPSA) is 83.0 Å². The third-order valence-corrected chi connectivity index (χ3v) is 3.85. The molecule has 134 valence electrons. The summed E-state index contributed by atoms with van der Waals surface area (Å²) in [5.74, 6) is -0.300. The van der Waals surface area contributed by atoms with Crippen molar-refractivity contribution >= 4 is 29.7 Å². The molecular weight excluding hydrogens is 345 g/mol. The lowest BCUT2D eigenvalue weighted by atomic mass is 10.3. The van der Waals surface area contributed by atoms with Gasteiger partial charge in [0.1, 0.15) is 18.2 Å². The van der Waals surface area contributed by atoms with Gasteiger partial charge in [-0.25, -0.2) is 4.39 Å². The number of amides is 2. The van der Waals surface area contributed by atoms with Gasteiger partial charge in [-0.3, -0.25) is 19.3 Å². The molecule has 0 aliphatic heterocycles. The molecule has 1 aromatic heterocycles. The fourth-order valence-corrected chi connectivity index (χ4v) is 2.44. The van der Waals surface area contributed by atoms with Gasteiger partial charge in [0.2, 0.25) is 11.8 Å². The van der Waals surface area contributed by atoms with Crippen molar-refractivity contribution in [1.29, 1.82) is 0 Å². The van der Waals surface area contributed by atoms with Gasteiger partial charge >= 0.3 is 0 Å². The summed E-state index contributed by atoms with van der Waals surface area (Å²) in [5.41, 5.74) is 0.467. The molecule has 1 aromatic carbocycles. The average molecular weight is 365 g/mol. The number of anilines is 1. The second-order valence-corrected chi connectivity index (χ2v) is 5.97. The molecule has 7 nitrogen and oxygen atoms in total. The van der Waals surface area contributed by atoms with Crippen LogP contribution in [0.15, 0.2) is 24.3 Å². The van der Waals surface area contributed by atoms with E-state index in [4.69, 9.17) is 12.2 Å². The van der Waals surface area contributed by atoms with Crippen molar-refractivity contribution in [3.8, 4) is 0 Å². The average Bonchev–Trinajstić information content (AvgIpc) is 2.90. The number of likely N-dealkylation sites (N-methyl/N-ethyl adjacent to an activating group) is 1. The predicted octanol–water partition coefficient (Wildman–Crippen LogP) is 2.13. The number of hydrogen-bond donors (Lipinski definition) is 2. The summed E-state index contributed by atoms with van der Waals surface area (Å²) in [7, 11) is 1.54. The van der Waals surface area contributed by atoms with E-state index in [0.29, 0.717) is 22.7 Å². The lowest BCUT2D eigenvalue weighted by Gasteiger charge is -2.17. The fraction of sp³-hybridized carbons (Fsp3) is 0.375. The molecule has 9 heteroatoms. The van der Waals surface area contributed by atoms with E-state index in [9.17, 15) is 14.0 Å². The summed E-state index contributed by atoms with van der Waals surface area (Å²) in [5, 5.41) is 9.40. The van der Waals surface area contributed by atoms with Gasteiger partial charge < -0.3 is 10.2 Å². The first-order chi connectivity index (χ1) is 11.9. The third-order valence-electron chi connectivity index (χ3n) is 3.54. The van der Waals surface area contributed by atoms with Crippen LogP contribution < -0.4 is 5.32 Å². The van der Waals surface area contributed by atoms with Crippen LogP contribution >= 0.6 is 12.2 Å². The standard InChI is InChI=1S/C16H20FN5O2S/c1-3-4-13-19-20-16(25)22(13)10-15(24)21(2)9-14(23)18-12-7-5-11(17)6-8-12/h5-8H,3-4,9-10H2,1-2H3,(H,18,23)(H,20,25). The largest absolute Gasteiger partial charge is 0.335 e. The normalized spacial score (nSPS) is 10.5. The zero-order valence-electron chi connectivity index (χ0n) is 14.1. The van der Waals surface area contributed by atoms with Crippen molar-refractivity contribution in [3.05, 3.63) is 40.7 Å². The molecule has 2 N–H and O–H groups in total. The quantitative estimate of drug-likeness (QED) is 0.737. The highest BCUT2D eigenvalue weighted by Crippen LogP contribution is 2.08. The maximum Gasteiger partial charge on any atom is 0.243 e. The van der Waals surface area contributed by atoms with Crippen molar-refractivity contribution in [2.75, 3.05) is 18.9 Å². The summed E-state index contributed by atoms with van der Waals surface area (Å²) in [6.45, 7) is 1.91. The van der Waals surface area contributed by atoms with Gasteiger partial charge in [-0.05, 0) is 42.9 Å². The number of aryl methyl sites for hydroxylation is 1. The molecule has 2 aromatic rings. The number of aromatic nitrogens is 3. The first kappa shape index (κ1) is 18.8. The molecule has 0 spiro atoms. The summed E-state index contributed by atoms with van der Waals surface area (Å²) in [6.07, 6.45) is 1.58. The Hall–Kier alpha value is -2.55. The number of nitrogens with zero attached hydrogens (tertiary/aromatic N) is 3. The molecule has 0 aliphatic carbocycles. The van der Waals surface area contributed by atoms with Crippen LogP contribution in [0.3, 0.4) is 0 Å². The van der Waals surface area contributed by atoms with E-state index in [1.54, 1.807) is 4.57 Å². The number of carbonyl (C=O) groups excluding carboxylic acids is 2. The summed E-state index contributed by atoms with van der Waals surface area (Å²) < 4.78 is 14.9. The molecule has 0 atom stereocenters. The molecule has 0 saturated heterocycles. The molecule has 2 amide bonds. The van der Waals surface area contributed by atoms with E-state index in [2.05, 4.69) is 15.5 Å². The van der Waals surface area contributed by atoms with Crippen LogP contribution in [-0.4, -0.2) is 45.1 Å². The van der Waals surface area contributed by atoms with Crippen molar-refractivity contribution in [2.45, 2.75) is 26.3 Å². The highest BCUT2D eigenvalue weighted by Gasteiger charge is 2.16. The number of hydrogen-bond acceptors (Lipinski definition) is 4. The van der Waals surface area contributed by atoms with Crippen LogP contribution in [0.1, 0.15) is 19.2 Å². The second-order valence-electron chi connectivity index (χ2n) is 5.59. The highest BCUT2D eigenvalue weighted by molar-refractivity contribution is 7.71. The number of carbonyl (C=O) groups is 2. The molecule has 2 rings (SSSR count). The van der Waals surface area contributed by atoms with Gasteiger partial charge in [0.05, 0.1) is 6.54 Å². The Labute approximate surface area is 149 Å². The van der Waals surface area contributed by atoms with E-state index in [1.807, 2.05) is 6.92 Å². The molecule has 25 heavy (non-hydrogen) atoms. The van der Waals surface area contributed by atoms with Crippen LogP contribution in [0.4, 0.5) is 10.1 Å². The number of aromatic amines is 1. The number of rotatable bonds is 7. The Kier molecular flexibility index (Phi) is 6.40. The maximum atomic E-state index is 12.9. The van der Waals surface area contributed by atoms with E-state index < -0.39 is 0 Å². The minimum Gasteiger partial charge on any atom is -0.335 e. The van der Waals surface area contributed by atoms with Crippen LogP contribution in [-0.2, 0) is 22.6 Å². The molecular formula is C16H20FN5O2S. The fourth-order valence-electron chi connectivity index (χ4n) is 2.22. The third kappa shape index (κ3) is 5.21. The van der Waals surface area contributed by atoms with Crippen molar-refractivity contribution in [2.24, 2.45) is 0 Å². The number of halogens is 1. The van der Waals surface area contributed by atoms with Gasteiger partial charge in [-0.15, -0.1) is 0 Å². The van der Waals surface area contributed by atoms with E-state index in [1.165, 1.54) is 36.2 Å². The Morgan fingerprint density at radius 3 is 2.68 bits per heavy atom. The molecule has 0 unspecified atom stereocenters. The van der Waals surface area contributed by atoms with Crippen molar-refractivity contribution in [3.63, 3.8) is 0 Å².